The zero-order valence-corrected chi connectivity index (χ0v) is 15.7. The predicted octanol–water partition coefficient (Wildman–Crippen LogP) is 3.96. The zero-order valence-electron chi connectivity index (χ0n) is 14.9. The maximum absolute atomic E-state index is 12.3. The van der Waals surface area contributed by atoms with Crippen molar-refractivity contribution < 1.29 is 4.79 Å². The first kappa shape index (κ1) is 19.2. The molecule has 5 heteroatoms. The Kier molecular flexibility index (Phi) is 5.77. The number of terminal acetylenes is 1. The molecule has 0 aromatic heterocycles. The number of nitrogens with one attached hydrogen (secondary N) is 2. The molecule has 0 fully saturated rings. The van der Waals surface area contributed by atoms with Crippen molar-refractivity contribution in [2.45, 2.75) is 26.2 Å². The molecule has 0 radical (unpaired) electrons. The van der Waals surface area contributed by atoms with E-state index in [1.54, 1.807) is 30.3 Å². The van der Waals surface area contributed by atoms with Gasteiger partial charge in [-0.3, -0.25) is 10.1 Å². The highest BCUT2D eigenvalue weighted by atomic mass is 32.1. The van der Waals surface area contributed by atoms with E-state index in [1.807, 2.05) is 18.2 Å². The van der Waals surface area contributed by atoms with Crippen LogP contribution in [0.5, 0.6) is 0 Å². The van der Waals surface area contributed by atoms with Gasteiger partial charge in [0, 0.05) is 11.1 Å². The molecule has 0 spiro atoms. The summed E-state index contributed by atoms with van der Waals surface area (Å²) in [5.74, 6) is 2.19. The van der Waals surface area contributed by atoms with Crippen LogP contribution in [0.25, 0.3) is 0 Å². The summed E-state index contributed by atoms with van der Waals surface area (Å²) in [6, 6.07) is 14.3. The minimum Gasteiger partial charge on any atom is -0.331 e. The number of carbonyl (C=O) groups excluding carboxylic acids is 1. The van der Waals surface area contributed by atoms with Crippen molar-refractivity contribution in [2.24, 2.45) is 0 Å². The molecular formula is C21H19N3OS. The van der Waals surface area contributed by atoms with Crippen LogP contribution in [-0.4, -0.2) is 11.0 Å². The Hall–Kier alpha value is -3.15. The van der Waals surface area contributed by atoms with Gasteiger partial charge in [0.1, 0.15) is 0 Å². The van der Waals surface area contributed by atoms with E-state index in [-0.39, 0.29) is 16.4 Å². The summed E-state index contributed by atoms with van der Waals surface area (Å²) in [6.45, 7) is 6.34. The molecule has 2 rings (SSSR count). The van der Waals surface area contributed by atoms with E-state index in [4.69, 9.17) is 23.9 Å². The van der Waals surface area contributed by atoms with Crippen LogP contribution in [0, 0.1) is 23.7 Å². The van der Waals surface area contributed by atoms with Crippen LogP contribution in [-0.2, 0) is 5.41 Å². The summed E-state index contributed by atoms with van der Waals surface area (Å²) < 4.78 is 0. The summed E-state index contributed by atoms with van der Waals surface area (Å²) in [6.07, 6.45) is 5.46. The number of hydrogen-bond donors (Lipinski definition) is 2. The van der Waals surface area contributed by atoms with E-state index < -0.39 is 0 Å². The van der Waals surface area contributed by atoms with E-state index in [9.17, 15) is 4.79 Å². The number of amides is 1. The molecule has 0 heterocycles. The summed E-state index contributed by atoms with van der Waals surface area (Å²) in [7, 11) is 0. The molecule has 0 unspecified atom stereocenters. The smallest absolute Gasteiger partial charge is 0.257 e. The zero-order chi connectivity index (χ0) is 19.3. The summed E-state index contributed by atoms with van der Waals surface area (Å²) in [5.41, 5.74) is 3.19. The molecule has 2 aromatic rings. The molecule has 0 saturated heterocycles. The average molecular weight is 361 g/mol. The lowest BCUT2D eigenvalue weighted by atomic mass is 9.87. The highest BCUT2D eigenvalue weighted by Gasteiger charge is 2.15. The van der Waals surface area contributed by atoms with E-state index in [2.05, 4.69) is 37.3 Å². The fourth-order valence-electron chi connectivity index (χ4n) is 2.29. The van der Waals surface area contributed by atoms with Gasteiger partial charge < -0.3 is 5.32 Å². The number of hydrogen-bond acceptors (Lipinski definition) is 3. The van der Waals surface area contributed by atoms with Gasteiger partial charge in [0.05, 0.1) is 17.3 Å². The Bertz CT molecular complexity index is 926. The lowest BCUT2D eigenvalue weighted by Gasteiger charge is -2.19. The predicted molar refractivity (Wildman–Crippen MR) is 108 cm³/mol. The molecule has 2 aromatic carbocycles. The molecule has 0 atom stereocenters. The maximum Gasteiger partial charge on any atom is 0.257 e. The largest absolute Gasteiger partial charge is 0.331 e. The second-order valence-electron chi connectivity index (χ2n) is 6.75. The molecule has 130 valence electrons. The van der Waals surface area contributed by atoms with Gasteiger partial charge in [-0.05, 0) is 53.5 Å². The van der Waals surface area contributed by atoms with Crippen molar-refractivity contribution >= 4 is 28.9 Å². The molecule has 2 N–H and O–H groups in total. The van der Waals surface area contributed by atoms with Gasteiger partial charge in [-0.2, -0.15) is 5.26 Å². The van der Waals surface area contributed by atoms with Crippen molar-refractivity contribution in [1.82, 2.24) is 5.32 Å². The Morgan fingerprint density at radius 2 is 1.81 bits per heavy atom. The maximum atomic E-state index is 12.3. The molecule has 26 heavy (non-hydrogen) atoms. The fourth-order valence-corrected chi connectivity index (χ4v) is 2.50. The van der Waals surface area contributed by atoms with Gasteiger partial charge in [-0.15, -0.1) is 6.42 Å². The number of benzene rings is 2. The Morgan fingerprint density at radius 1 is 1.15 bits per heavy atom. The van der Waals surface area contributed by atoms with Crippen molar-refractivity contribution in [2.75, 3.05) is 5.32 Å². The molecule has 0 bridgehead atoms. The van der Waals surface area contributed by atoms with Gasteiger partial charge in [-0.1, -0.05) is 38.8 Å². The standard InChI is InChI=1S/C21H19N3OS/c1-5-15-12-14(13-22)6-11-18(15)23-20(26)24-19(25)16-7-9-17(10-8-16)21(2,3)4/h1,6-12H,2-4H3,(H2,23,24,25,26). The van der Waals surface area contributed by atoms with Crippen molar-refractivity contribution in [3.05, 3.63) is 64.7 Å². The normalized spacial score (nSPS) is 10.3. The first-order valence-electron chi connectivity index (χ1n) is 7.98. The third-order valence-corrected chi connectivity index (χ3v) is 4.00. The number of nitriles is 1. The van der Waals surface area contributed by atoms with Crippen molar-refractivity contribution in [1.29, 1.82) is 5.26 Å². The van der Waals surface area contributed by atoms with Crippen LogP contribution in [0.3, 0.4) is 0 Å². The Morgan fingerprint density at radius 3 is 2.35 bits per heavy atom. The number of anilines is 1. The van der Waals surface area contributed by atoms with Gasteiger partial charge in [0.15, 0.2) is 5.11 Å². The Balaban J connectivity index is 2.07. The van der Waals surface area contributed by atoms with Crippen LogP contribution >= 0.6 is 12.2 Å². The summed E-state index contributed by atoms with van der Waals surface area (Å²) in [4.78, 5) is 12.3. The molecule has 0 aliphatic rings. The fraction of sp³-hybridized carbons (Fsp3) is 0.190. The van der Waals surface area contributed by atoms with Gasteiger partial charge in [-0.25, -0.2) is 0 Å². The van der Waals surface area contributed by atoms with Gasteiger partial charge >= 0.3 is 0 Å². The third-order valence-electron chi connectivity index (χ3n) is 3.79. The van der Waals surface area contributed by atoms with E-state index in [1.165, 1.54) is 0 Å². The van der Waals surface area contributed by atoms with Crippen LogP contribution in [0.4, 0.5) is 5.69 Å². The molecule has 0 aliphatic heterocycles. The van der Waals surface area contributed by atoms with Crippen LogP contribution in [0.1, 0.15) is 47.8 Å². The molecule has 0 aliphatic carbocycles. The lowest BCUT2D eigenvalue weighted by molar-refractivity contribution is 0.0977. The first-order valence-corrected chi connectivity index (χ1v) is 8.39. The quantitative estimate of drug-likeness (QED) is 0.628. The number of nitrogens with zero attached hydrogens (tertiary/aromatic N) is 1. The van der Waals surface area contributed by atoms with E-state index in [0.717, 1.165) is 5.56 Å². The second kappa shape index (κ2) is 7.82. The number of carbonyl (C=O) groups is 1. The van der Waals surface area contributed by atoms with Crippen LogP contribution in [0.15, 0.2) is 42.5 Å². The SMILES string of the molecule is C#Cc1cc(C#N)ccc1NC(=S)NC(=O)c1ccc(C(C)(C)C)cc1. The second-order valence-corrected chi connectivity index (χ2v) is 7.16. The lowest BCUT2D eigenvalue weighted by Crippen LogP contribution is -2.34. The van der Waals surface area contributed by atoms with Crippen LogP contribution in [0.2, 0.25) is 0 Å². The van der Waals surface area contributed by atoms with Gasteiger partial charge in [0.25, 0.3) is 5.91 Å². The first-order chi connectivity index (χ1) is 12.2. The molecule has 1 amide bonds. The number of rotatable bonds is 2. The van der Waals surface area contributed by atoms with E-state index in [0.29, 0.717) is 22.4 Å². The summed E-state index contributed by atoms with van der Waals surface area (Å²) in [5, 5.41) is 14.6. The third kappa shape index (κ3) is 4.69. The van der Waals surface area contributed by atoms with Gasteiger partial charge in [0.2, 0.25) is 0 Å². The Labute approximate surface area is 159 Å². The highest BCUT2D eigenvalue weighted by Crippen LogP contribution is 2.22. The monoisotopic (exact) mass is 361 g/mol. The van der Waals surface area contributed by atoms with Crippen LogP contribution < -0.4 is 10.6 Å². The highest BCUT2D eigenvalue weighted by molar-refractivity contribution is 7.80. The average Bonchev–Trinajstić information content (AvgIpc) is 2.61. The minimum atomic E-state index is -0.307. The van der Waals surface area contributed by atoms with E-state index >= 15 is 0 Å². The minimum absolute atomic E-state index is 0.0209. The van der Waals surface area contributed by atoms with Crippen molar-refractivity contribution in [3.63, 3.8) is 0 Å². The molecule has 0 saturated carbocycles. The van der Waals surface area contributed by atoms with Crippen molar-refractivity contribution in [3.8, 4) is 18.4 Å². The number of thiocarbonyl (C=S) groups is 1. The molecule has 4 nitrogen and oxygen atoms in total. The summed E-state index contributed by atoms with van der Waals surface area (Å²) >= 11 is 5.19. The topological polar surface area (TPSA) is 64.9 Å². The molecular weight excluding hydrogens is 342 g/mol.